The summed E-state index contributed by atoms with van der Waals surface area (Å²) < 4.78 is 14.2. The van der Waals surface area contributed by atoms with E-state index in [0.29, 0.717) is 11.3 Å². The highest BCUT2D eigenvalue weighted by Crippen LogP contribution is 2.24. The van der Waals surface area contributed by atoms with E-state index < -0.39 is 0 Å². The van der Waals surface area contributed by atoms with E-state index in [0.717, 1.165) is 26.1 Å². The Morgan fingerprint density at radius 2 is 2.11 bits per heavy atom. The molecule has 104 valence electrons. The summed E-state index contributed by atoms with van der Waals surface area (Å²) in [5.74, 6) is -0.404. The van der Waals surface area contributed by atoms with Gasteiger partial charge < -0.3 is 9.80 Å². The number of hydrogen-bond donors (Lipinski definition) is 0. The van der Waals surface area contributed by atoms with Gasteiger partial charge in [-0.3, -0.25) is 4.79 Å². The lowest BCUT2D eigenvalue weighted by atomic mass is 10.1. The van der Waals surface area contributed by atoms with Crippen molar-refractivity contribution in [2.24, 2.45) is 0 Å². The van der Waals surface area contributed by atoms with Crippen molar-refractivity contribution < 1.29 is 9.18 Å². The van der Waals surface area contributed by atoms with Crippen molar-refractivity contribution in [2.45, 2.75) is 26.3 Å². The van der Waals surface area contributed by atoms with E-state index in [1.807, 2.05) is 0 Å². The molecule has 1 heterocycles. The fourth-order valence-corrected chi connectivity index (χ4v) is 2.69. The molecule has 1 fully saturated rings. The molecule has 1 aromatic rings. The van der Waals surface area contributed by atoms with Gasteiger partial charge in [-0.05, 0) is 52.1 Å². The van der Waals surface area contributed by atoms with E-state index in [-0.39, 0.29) is 17.6 Å². The third-order valence-corrected chi connectivity index (χ3v) is 3.71. The first kappa shape index (κ1) is 14.0. The Labute approximate surface area is 114 Å². The summed E-state index contributed by atoms with van der Waals surface area (Å²) in [7, 11) is 2.09. The molecule has 1 aliphatic rings. The number of benzene rings is 1. The Hall–Kier alpha value is -1.42. The van der Waals surface area contributed by atoms with Crippen LogP contribution < -0.4 is 4.90 Å². The van der Waals surface area contributed by atoms with E-state index in [2.05, 4.69) is 23.8 Å². The van der Waals surface area contributed by atoms with Gasteiger partial charge in [0.1, 0.15) is 5.82 Å². The predicted octanol–water partition coefficient (Wildman–Crippen LogP) is 2.56. The first-order valence-electron chi connectivity index (χ1n) is 6.74. The van der Waals surface area contributed by atoms with Crippen LogP contribution in [-0.4, -0.2) is 43.4 Å². The van der Waals surface area contributed by atoms with Crippen molar-refractivity contribution in [3.63, 3.8) is 0 Å². The lowest BCUT2D eigenvalue weighted by Crippen LogP contribution is -2.38. The Kier molecular flexibility index (Phi) is 4.20. The number of rotatable bonds is 2. The van der Waals surface area contributed by atoms with E-state index in [1.54, 1.807) is 12.1 Å². The van der Waals surface area contributed by atoms with E-state index in [4.69, 9.17) is 0 Å². The molecular weight excluding hydrogens is 243 g/mol. The number of likely N-dealkylation sites (N-methyl/N-ethyl adjacent to an activating group) is 1. The van der Waals surface area contributed by atoms with E-state index in [9.17, 15) is 9.18 Å². The minimum atomic E-state index is -0.302. The number of carbonyl (C=O) groups excluding carboxylic acids is 1. The summed E-state index contributed by atoms with van der Waals surface area (Å²) in [6.45, 7) is 6.38. The average molecular weight is 264 g/mol. The maximum atomic E-state index is 14.2. The average Bonchev–Trinajstić information content (AvgIpc) is 2.50. The van der Waals surface area contributed by atoms with Crippen molar-refractivity contribution >= 4 is 11.5 Å². The number of nitrogens with zero attached hydrogens (tertiary/aromatic N) is 2. The molecule has 0 aromatic heterocycles. The van der Waals surface area contributed by atoms with Crippen LogP contribution in [0.3, 0.4) is 0 Å². The van der Waals surface area contributed by atoms with Gasteiger partial charge in [-0.2, -0.15) is 0 Å². The van der Waals surface area contributed by atoms with Gasteiger partial charge in [0.15, 0.2) is 5.78 Å². The maximum Gasteiger partial charge on any atom is 0.159 e. The highest BCUT2D eigenvalue weighted by atomic mass is 19.1. The van der Waals surface area contributed by atoms with Crippen LogP contribution in [0.1, 0.15) is 30.6 Å². The van der Waals surface area contributed by atoms with Crippen LogP contribution in [0.5, 0.6) is 0 Å². The SMILES string of the molecule is CC(=O)c1ccc(N2CCCN(C)CC2C)c(F)c1. The number of anilines is 1. The highest BCUT2D eigenvalue weighted by Gasteiger charge is 2.22. The summed E-state index contributed by atoms with van der Waals surface area (Å²) in [6, 6.07) is 5.06. The van der Waals surface area contributed by atoms with E-state index in [1.165, 1.54) is 13.0 Å². The first-order chi connectivity index (χ1) is 8.99. The Morgan fingerprint density at radius 3 is 2.74 bits per heavy atom. The second kappa shape index (κ2) is 5.70. The molecule has 1 unspecified atom stereocenters. The van der Waals surface area contributed by atoms with Crippen molar-refractivity contribution in [3.8, 4) is 0 Å². The van der Waals surface area contributed by atoms with Crippen molar-refractivity contribution in [1.82, 2.24) is 4.90 Å². The number of ketones is 1. The van der Waals surface area contributed by atoms with Crippen LogP contribution in [0.4, 0.5) is 10.1 Å². The number of Topliss-reactive ketones (excluding diaryl/α,β-unsaturated/α-hetero) is 1. The zero-order valence-corrected chi connectivity index (χ0v) is 11.8. The lowest BCUT2D eigenvalue weighted by molar-refractivity contribution is 0.101. The molecular formula is C15H21FN2O. The Morgan fingerprint density at radius 1 is 1.37 bits per heavy atom. The molecule has 3 nitrogen and oxygen atoms in total. The summed E-state index contributed by atoms with van der Waals surface area (Å²) >= 11 is 0. The number of hydrogen-bond acceptors (Lipinski definition) is 3. The lowest BCUT2D eigenvalue weighted by Gasteiger charge is -2.30. The molecule has 0 saturated carbocycles. The second-order valence-electron chi connectivity index (χ2n) is 5.38. The van der Waals surface area contributed by atoms with Gasteiger partial charge in [0, 0.05) is 24.7 Å². The third-order valence-electron chi connectivity index (χ3n) is 3.71. The largest absolute Gasteiger partial charge is 0.365 e. The van der Waals surface area contributed by atoms with Gasteiger partial charge in [0.05, 0.1) is 5.69 Å². The Bertz CT molecular complexity index is 475. The van der Waals surface area contributed by atoms with E-state index >= 15 is 0 Å². The zero-order chi connectivity index (χ0) is 14.0. The molecule has 1 aromatic carbocycles. The van der Waals surface area contributed by atoms with Crippen LogP contribution in [0, 0.1) is 5.82 Å². The van der Waals surface area contributed by atoms with Crippen molar-refractivity contribution in [1.29, 1.82) is 0 Å². The van der Waals surface area contributed by atoms with Gasteiger partial charge in [0.2, 0.25) is 0 Å². The molecule has 1 aliphatic heterocycles. The molecule has 1 saturated heterocycles. The van der Waals surface area contributed by atoms with Crippen LogP contribution in [0.15, 0.2) is 18.2 Å². The fourth-order valence-electron chi connectivity index (χ4n) is 2.69. The number of carbonyl (C=O) groups is 1. The molecule has 1 atom stereocenters. The van der Waals surface area contributed by atoms with Crippen LogP contribution in [-0.2, 0) is 0 Å². The van der Waals surface area contributed by atoms with Crippen molar-refractivity contribution in [3.05, 3.63) is 29.6 Å². The summed E-state index contributed by atoms with van der Waals surface area (Å²) in [4.78, 5) is 15.6. The fraction of sp³-hybridized carbons (Fsp3) is 0.533. The minimum Gasteiger partial charge on any atom is -0.365 e. The molecule has 19 heavy (non-hydrogen) atoms. The Balaban J connectivity index is 2.27. The van der Waals surface area contributed by atoms with Gasteiger partial charge in [-0.15, -0.1) is 0 Å². The molecule has 4 heteroatoms. The summed E-state index contributed by atoms with van der Waals surface area (Å²) in [5, 5.41) is 0. The van der Waals surface area contributed by atoms with Crippen LogP contribution in [0.25, 0.3) is 0 Å². The topological polar surface area (TPSA) is 23.6 Å². The molecule has 2 rings (SSSR count). The van der Waals surface area contributed by atoms with Crippen LogP contribution >= 0.6 is 0 Å². The van der Waals surface area contributed by atoms with Gasteiger partial charge in [-0.1, -0.05) is 0 Å². The molecule has 0 aliphatic carbocycles. The summed E-state index contributed by atoms with van der Waals surface area (Å²) in [6.07, 6.45) is 1.02. The molecule has 0 bridgehead atoms. The maximum absolute atomic E-state index is 14.2. The standard InChI is InChI=1S/C15H21FN2O/c1-11-10-17(3)7-4-8-18(11)15-6-5-13(12(2)19)9-14(15)16/h5-6,9,11H,4,7-8,10H2,1-3H3. The highest BCUT2D eigenvalue weighted by molar-refractivity contribution is 5.94. The third kappa shape index (κ3) is 3.13. The monoisotopic (exact) mass is 264 g/mol. The zero-order valence-electron chi connectivity index (χ0n) is 11.8. The van der Waals surface area contributed by atoms with Gasteiger partial charge >= 0.3 is 0 Å². The minimum absolute atomic E-state index is 0.103. The van der Waals surface area contributed by atoms with Crippen LogP contribution in [0.2, 0.25) is 0 Å². The smallest absolute Gasteiger partial charge is 0.159 e. The normalized spacial score (nSPS) is 21.3. The quantitative estimate of drug-likeness (QED) is 0.767. The molecule has 0 spiro atoms. The number of halogens is 1. The first-order valence-corrected chi connectivity index (χ1v) is 6.74. The molecule has 0 amide bonds. The van der Waals surface area contributed by atoms with Gasteiger partial charge in [-0.25, -0.2) is 4.39 Å². The second-order valence-corrected chi connectivity index (χ2v) is 5.38. The molecule has 0 N–H and O–H groups in total. The molecule has 0 radical (unpaired) electrons. The predicted molar refractivity (Wildman–Crippen MR) is 75.3 cm³/mol. The summed E-state index contributed by atoms with van der Waals surface area (Å²) in [5.41, 5.74) is 1.04. The van der Waals surface area contributed by atoms with Crippen molar-refractivity contribution in [2.75, 3.05) is 31.6 Å². The van der Waals surface area contributed by atoms with Gasteiger partial charge in [0.25, 0.3) is 0 Å².